The van der Waals surface area contributed by atoms with Crippen LogP contribution in [-0.4, -0.2) is 53.5 Å². The van der Waals surface area contributed by atoms with E-state index in [9.17, 15) is 9.18 Å². The number of piperazine rings is 1. The van der Waals surface area contributed by atoms with Crippen molar-refractivity contribution >= 4 is 17.5 Å². The number of unbranched alkanes of at least 4 members (excludes halogenated alkanes) is 1. The van der Waals surface area contributed by atoms with Crippen LogP contribution in [0.25, 0.3) is 0 Å². The molecule has 1 aromatic heterocycles. The van der Waals surface area contributed by atoms with E-state index in [1.807, 2.05) is 34.7 Å². The summed E-state index contributed by atoms with van der Waals surface area (Å²) in [5.74, 6) is 1.38. The standard InChI is InChI=1S/C28H32FN5O2/c1-3-4-19-36-25-11-5-22(6-12-25)26-20-21(2)33(27-13-14-30-34(26)27)28(35)32-17-15-31(16-18-32)24-9-7-23(29)8-10-24/h5-14,20,26H,3-4,15-19H2,1-2H3. The van der Waals surface area contributed by atoms with Gasteiger partial charge in [-0.2, -0.15) is 5.10 Å². The average molecular weight is 490 g/mol. The fraction of sp³-hybridized carbons (Fsp3) is 0.357. The highest BCUT2D eigenvalue weighted by atomic mass is 19.1. The van der Waals surface area contributed by atoms with Crippen LogP contribution in [0.4, 0.5) is 20.7 Å². The molecule has 1 saturated heterocycles. The third-order valence-electron chi connectivity index (χ3n) is 6.82. The first-order valence-electron chi connectivity index (χ1n) is 12.6. The summed E-state index contributed by atoms with van der Waals surface area (Å²) < 4.78 is 21.0. The molecule has 5 rings (SSSR count). The SMILES string of the molecule is CCCCOc1ccc(C2C=C(C)N(C(=O)N3CCN(c4ccc(F)cc4)CC3)c3ccnn32)cc1. The Bertz CT molecular complexity index is 1210. The molecular weight excluding hydrogens is 457 g/mol. The third-order valence-corrected chi connectivity index (χ3v) is 6.82. The lowest BCUT2D eigenvalue weighted by atomic mass is 10.0. The van der Waals surface area contributed by atoms with Gasteiger partial charge >= 0.3 is 6.03 Å². The van der Waals surface area contributed by atoms with E-state index in [4.69, 9.17) is 4.74 Å². The van der Waals surface area contributed by atoms with Crippen LogP contribution in [0.5, 0.6) is 5.75 Å². The van der Waals surface area contributed by atoms with E-state index in [1.54, 1.807) is 23.2 Å². The van der Waals surface area contributed by atoms with Crippen molar-refractivity contribution in [2.75, 3.05) is 42.6 Å². The lowest BCUT2D eigenvalue weighted by Crippen LogP contribution is -2.53. The van der Waals surface area contributed by atoms with Crippen molar-refractivity contribution in [3.05, 3.63) is 83.9 Å². The second-order valence-corrected chi connectivity index (χ2v) is 9.23. The molecule has 0 aliphatic carbocycles. The summed E-state index contributed by atoms with van der Waals surface area (Å²) >= 11 is 0. The van der Waals surface area contributed by atoms with E-state index < -0.39 is 0 Å². The fourth-order valence-corrected chi connectivity index (χ4v) is 4.78. The van der Waals surface area contributed by atoms with E-state index in [1.165, 1.54) is 12.1 Å². The summed E-state index contributed by atoms with van der Waals surface area (Å²) in [4.78, 5) is 19.4. The molecule has 0 spiro atoms. The maximum absolute atomic E-state index is 13.6. The number of anilines is 2. The van der Waals surface area contributed by atoms with Gasteiger partial charge in [0.05, 0.1) is 18.8 Å². The van der Waals surface area contributed by atoms with Gasteiger partial charge in [0.25, 0.3) is 0 Å². The molecule has 1 unspecified atom stereocenters. The minimum Gasteiger partial charge on any atom is -0.494 e. The largest absolute Gasteiger partial charge is 0.494 e. The number of aromatic nitrogens is 2. The zero-order chi connectivity index (χ0) is 25.1. The summed E-state index contributed by atoms with van der Waals surface area (Å²) in [6, 6.07) is 16.4. The number of hydrogen-bond acceptors (Lipinski definition) is 4. The first-order valence-corrected chi connectivity index (χ1v) is 12.6. The monoisotopic (exact) mass is 489 g/mol. The molecule has 2 aromatic carbocycles. The molecule has 3 aromatic rings. The predicted octanol–water partition coefficient (Wildman–Crippen LogP) is 5.46. The van der Waals surface area contributed by atoms with E-state index in [-0.39, 0.29) is 17.9 Å². The van der Waals surface area contributed by atoms with Crippen molar-refractivity contribution in [3.8, 4) is 5.75 Å². The Hall–Kier alpha value is -3.81. The minimum absolute atomic E-state index is 0.0534. The van der Waals surface area contributed by atoms with Gasteiger partial charge in [-0.25, -0.2) is 13.9 Å². The second kappa shape index (κ2) is 10.4. The van der Waals surface area contributed by atoms with Gasteiger partial charge in [-0.05, 0) is 61.4 Å². The lowest BCUT2D eigenvalue weighted by Gasteiger charge is -2.40. The van der Waals surface area contributed by atoms with Crippen LogP contribution < -0.4 is 14.5 Å². The number of rotatable bonds is 6. The Kier molecular flexibility index (Phi) is 6.93. The number of urea groups is 1. The Morgan fingerprint density at radius 2 is 1.75 bits per heavy atom. The number of amides is 2. The number of hydrogen-bond donors (Lipinski definition) is 0. The zero-order valence-electron chi connectivity index (χ0n) is 20.8. The summed E-state index contributed by atoms with van der Waals surface area (Å²) in [6.45, 7) is 7.42. The van der Waals surface area contributed by atoms with E-state index in [2.05, 4.69) is 35.1 Å². The van der Waals surface area contributed by atoms with E-state index >= 15 is 0 Å². The molecule has 7 nitrogen and oxygen atoms in total. The van der Waals surface area contributed by atoms with Crippen LogP contribution in [0.2, 0.25) is 0 Å². The highest BCUT2D eigenvalue weighted by Gasteiger charge is 2.33. The van der Waals surface area contributed by atoms with Crippen LogP contribution in [0, 0.1) is 5.82 Å². The Morgan fingerprint density at radius 1 is 1.03 bits per heavy atom. The maximum Gasteiger partial charge on any atom is 0.330 e. The molecule has 0 radical (unpaired) electrons. The molecule has 1 fully saturated rings. The quantitative estimate of drug-likeness (QED) is 0.432. The van der Waals surface area contributed by atoms with Crippen molar-refractivity contribution in [1.29, 1.82) is 0 Å². The molecule has 2 aliphatic heterocycles. The molecule has 0 saturated carbocycles. The molecule has 2 amide bonds. The highest BCUT2D eigenvalue weighted by molar-refractivity contribution is 5.95. The molecule has 36 heavy (non-hydrogen) atoms. The summed E-state index contributed by atoms with van der Waals surface area (Å²) in [5.41, 5.74) is 2.93. The maximum atomic E-state index is 13.6. The van der Waals surface area contributed by atoms with Crippen molar-refractivity contribution in [1.82, 2.24) is 14.7 Å². The fourth-order valence-electron chi connectivity index (χ4n) is 4.78. The van der Waals surface area contributed by atoms with Gasteiger partial charge in [0.15, 0.2) is 0 Å². The summed E-state index contributed by atoms with van der Waals surface area (Å²) in [6.07, 6.45) is 5.96. The van der Waals surface area contributed by atoms with Crippen molar-refractivity contribution < 1.29 is 13.9 Å². The van der Waals surface area contributed by atoms with Crippen LogP contribution in [-0.2, 0) is 0 Å². The number of ether oxygens (including phenoxy) is 1. The molecule has 3 heterocycles. The van der Waals surface area contributed by atoms with Crippen molar-refractivity contribution in [2.24, 2.45) is 0 Å². The van der Waals surface area contributed by atoms with E-state index in [0.29, 0.717) is 26.2 Å². The Balaban J connectivity index is 1.29. The highest BCUT2D eigenvalue weighted by Crippen LogP contribution is 2.35. The summed E-state index contributed by atoms with van der Waals surface area (Å²) in [5, 5.41) is 4.56. The predicted molar refractivity (Wildman–Crippen MR) is 139 cm³/mol. The first-order chi connectivity index (χ1) is 17.5. The number of allylic oxidation sites excluding steroid dienone is 2. The van der Waals surface area contributed by atoms with Crippen LogP contribution in [0.1, 0.15) is 38.3 Å². The molecule has 8 heteroatoms. The van der Waals surface area contributed by atoms with E-state index in [0.717, 1.165) is 48.0 Å². The van der Waals surface area contributed by atoms with Crippen LogP contribution in [0.3, 0.4) is 0 Å². The van der Waals surface area contributed by atoms with Gasteiger partial charge in [0.2, 0.25) is 0 Å². The van der Waals surface area contributed by atoms with Crippen molar-refractivity contribution in [2.45, 2.75) is 32.7 Å². The number of fused-ring (bicyclic) bond motifs is 1. The number of halogens is 1. The van der Waals surface area contributed by atoms with Crippen molar-refractivity contribution in [3.63, 3.8) is 0 Å². The molecule has 0 bridgehead atoms. The minimum atomic E-state index is -0.244. The number of carbonyl (C=O) groups is 1. The number of nitrogens with zero attached hydrogens (tertiary/aromatic N) is 5. The molecule has 0 N–H and O–H groups in total. The van der Waals surface area contributed by atoms with Gasteiger partial charge in [-0.3, -0.25) is 4.90 Å². The molecular formula is C28H32FN5O2. The van der Waals surface area contributed by atoms with Gasteiger partial charge in [0, 0.05) is 43.6 Å². The molecule has 188 valence electrons. The molecule has 1 atom stereocenters. The van der Waals surface area contributed by atoms with Crippen LogP contribution in [0.15, 0.2) is 72.6 Å². The third kappa shape index (κ3) is 4.80. The van der Waals surface area contributed by atoms with Gasteiger partial charge in [-0.15, -0.1) is 0 Å². The zero-order valence-corrected chi connectivity index (χ0v) is 20.8. The smallest absolute Gasteiger partial charge is 0.330 e. The first kappa shape index (κ1) is 23.9. The topological polar surface area (TPSA) is 53.8 Å². The lowest BCUT2D eigenvalue weighted by molar-refractivity contribution is 0.202. The Labute approximate surface area is 211 Å². The van der Waals surface area contributed by atoms with Gasteiger partial charge < -0.3 is 14.5 Å². The average Bonchev–Trinajstić information content (AvgIpc) is 3.39. The van der Waals surface area contributed by atoms with Gasteiger partial charge in [-0.1, -0.05) is 25.5 Å². The second-order valence-electron chi connectivity index (χ2n) is 9.23. The van der Waals surface area contributed by atoms with Gasteiger partial charge in [0.1, 0.15) is 17.4 Å². The molecule has 2 aliphatic rings. The van der Waals surface area contributed by atoms with Crippen LogP contribution >= 0.6 is 0 Å². The number of carbonyl (C=O) groups excluding carboxylic acids is 1. The Morgan fingerprint density at radius 3 is 2.44 bits per heavy atom. The normalized spacial score (nSPS) is 17.6. The summed E-state index contributed by atoms with van der Waals surface area (Å²) in [7, 11) is 0. The number of benzene rings is 2.